The Kier molecular flexibility index (Phi) is 6.26. The summed E-state index contributed by atoms with van der Waals surface area (Å²) in [6.07, 6.45) is 4.68. The van der Waals surface area contributed by atoms with Crippen LogP contribution in [0, 0.1) is 12.8 Å². The third-order valence-corrected chi connectivity index (χ3v) is 4.09. The number of hydrogen-bond donors (Lipinski definition) is 1. The highest BCUT2D eigenvalue weighted by Crippen LogP contribution is 2.13. The highest BCUT2D eigenvalue weighted by atomic mass is 16.1. The van der Waals surface area contributed by atoms with E-state index < -0.39 is 0 Å². The average Bonchev–Trinajstić information content (AvgIpc) is 3.01. The van der Waals surface area contributed by atoms with Gasteiger partial charge in [-0.1, -0.05) is 33.1 Å². The van der Waals surface area contributed by atoms with Crippen LogP contribution in [0.2, 0.25) is 0 Å². The van der Waals surface area contributed by atoms with Crippen molar-refractivity contribution in [2.45, 2.75) is 46.5 Å². The predicted octanol–water partition coefficient (Wildman–Crippen LogP) is 2.92. The van der Waals surface area contributed by atoms with Gasteiger partial charge in [0, 0.05) is 12.1 Å². The number of rotatable bonds is 8. The number of aromatic nitrogens is 4. The number of nitrogens with one attached hydrogen (secondary N) is 1. The smallest absolute Gasteiger partial charge is 0.251 e. The first kappa shape index (κ1) is 17.1. The van der Waals surface area contributed by atoms with E-state index in [0.29, 0.717) is 17.3 Å². The molecule has 1 aromatic carbocycles. The van der Waals surface area contributed by atoms with Gasteiger partial charge < -0.3 is 5.32 Å². The quantitative estimate of drug-likeness (QED) is 0.813. The molecule has 1 N–H and O–H groups in total. The van der Waals surface area contributed by atoms with Gasteiger partial charge in [-0.15, -0.1) is 5.10 Å². The predicted molar refractivity (Wildman–Crippen MR) is 89.5 cm³/mol. The van der Waals surface area contributed by atoms with E-state index >= 15 is 0 Å². The molecule has 1 amide bonds. The molecular formula is C17H25N5O. The maximum absolute atomic E-state index is 12.2. The van der Waals surface area contributed by atoms with Gasteiger partial charge in [-0.2, -0.15) is 4.68 Å². The lowest BCUT2D eigenvalue weighted by molar-refractivity contribution is 0.0946. The molecule has 0 fully saturated rings. The fraction of sp³-hybridized carbons (Fsp3) is 0.529. The SMILES string of the molecule is CCCCC(CC)CNC(=O)c1ccc(-n2nnnc2C)cc1. The molecule has 0 radical (unpaired) electrons. The van der Waals surface area contributed by atoms with Crippen LogP contribution < -0.4 is 5.32 Å². The molecule has 2 rings (SSSR count). The van der Waals surface area contributed by atoms with E-state index in [9.17, 15) is 4.79 Å². The van der Waals surface area contributed by atoms with E-state index in [1.807, 2.05) is 19.1 Å². The average molecular weight is 315 g/mol. The van der Waals surface area contributed by atoms with Crippen molar-refractivity contribution in [3.8, 4) is 5.69 Å². The number of amides is 1. The molecular weight excluding hydrogens is 290 g/mol. The molecule has 0 aliphatic carbocycles. The number of unbranched alkanes of at least 4 members (excludes halogenated alkanes) is 1. The molecule has 0 aliphatic rings. The zero-order valence-electron chi connectivity index (χ0n) is 14.1. The van der Waals surface area contributed by atoms with Crippen molar-refractivity contribution in [1.29, 1.82) is 0 Å². The number of carbonyl (C=O) groups excluding carboxylic acids is 1. The fourth-order valence-electron chi connectivity index (χ4n) is 2.51. The highest BCUT2D eigenvalue weighted by Gasteiger charge is 2.11. The van der Waals surface area contributed by atoms with Crippen molar-refractivity contribution in [3.05, 3.63) is 35.7 Å². The summed E-state index contributed by atoms with van der Waals surface area (Å²) in [4.78, 5) is 12.2. The maximum atomic E-state index is 12.2. The first-order valence-corrected chi connectivity index (χ1v) is 8.29. The molecule has 0 saturated carbocycles. The molecule has 23 heavy (non-hydrogen) atoms. The summed E-state index contributed by atoms with van der Waals surface area (Å²) in [5, 5.41) is 14.4. The zero-order chi connectivity index (χ0) is 16.7. The lowest BCUT2D eigenvalue weighted by Crippen LogP contribution is -2.29. The lowest BCUT2D eigenvalue weighted by Gasteiger charge is -2.15. The van der Waals surface area contributed by atoms with Crippen molar-refractivity contribution in [3.63, 3.8) is 0 Å². The zero-order valence-corrected chi connectivity index (χ0v) is 14.1. The minimum absolute atomic E-state index is 0.0278. The number of aryl methyl sites for hydroxylation is 1. The Morgan fingerprint density at radius 3 is 2.57 bits per heavy atom. The number of hydrogen-bond acceptors (Lipinski definition) is 4. The molecule has 0 saturated heterocycles. The molecule has 6 heteroatoms. The number of carbonyl (C=O) groups is 1. The number of benzene rings is 1. The van der Waals surface area contributed by atoms with Gasteiger partial charge in [-0.25, -0.2) is 0 Å². The summed E-state index contributed by atoms with van der Waals surface area (Å²) >= 11 is 0. The molecule has 1 atom stereocenters. The van der Waals surface area contributed by atoms with Gasteiger partial charge in [0.25, 0.3) is 5.91 Å². The second-order valence-electron chi connectivity index (χ2n) is 5.81. The Hall–Kier alpha value is -2.24. The summed E-state index contributed by atoms with van der Waals surface area (Å²) in [6, 6.07) is 7.32. The Labute approximate surface area is 137 Å². The van der Waals surface area contributed by atoms with Gasteiger partial charge in [0.05, 0.1) is 5.69 Å². The van der Waals surface area contributed by atoms with Crippen LogP contribution in [-0.4, -0.2) is 32.7 Å². The van der Waals surface area contributed by atoms with Crippen LogP contribution in [0.1, 0.15) is 55.7 Å². The molecule has 1 heterocycles. The van der Waals surface area contributed by atoms with E-state index in [2.05, 4.69) is 34.7 Å². The van der Waals surface area contributed by atoms with Crippen LogP contribution in [0.5, 0.6) is 0 Å². The summed E-state index contributed by atoms with van der Waals surface area (Å²) in [6.45, 7) is 6.94. The molecule has 1 aromatic heterocycles. The summed E-state index contributed by atoms with van der Waals surface area (Å²) in [5.74, 6) is 1.24. The van der Waals surface area contributed by atoms with E-state index in [0.717, 1.165) is 18.7 Å². The first-order chi connectivity index (χ1) is 11.2. The Morgan fingerprint density at radius 1 is 1.26 bits per heavy atom. The molecule has 0 aliphatic heterocycles. The van der Waals surface area contributed by atoms with Gasteiger partial charge in [-0.05, 0) is 54.0 Å². The highest BCUT2D eigenvalue weighted by molar-refractivity contribution is 5.94. The molecule has 0 bridgehead atoms. The van der Waals surface area contributed by atoms with Gasteiger partial charge in [0.1, 0.15) is 0 Å². The van der Waals surface area contributed by atoms with Gasteiger partial charge >= 0.3 is 0 Å². The maximum Gasteiger partial charge on any atom is 0.251 e. The lowest BCUT2D eigenvalue weighted by atomic mass is 9.99. The van der Waals surface area contributed by atoms with Gasteiger partial charge in [0.15, 0.2) is 5.82 Å². The molecule has 6 nitrogen and oxygen atoms in total. The third-order valence-electron chi connectivity index (χ3n) is 4.09. The van der Waals surface area contributed by atoms with E-state index in [1.165, 1.54) is 19.3 Å². The van der Waals surface area contributed by atoms with Crippen molar-refractivity contribution in [2.75, 3.05) is 6.54 Å². The van der Waals surface area contributed by atoms with Crippen LogP contribution in [0.3, 0.4) is 0 Å². The summed E-state index contributed by atoms with van der Waals surface area (Å²) < 4.78 is 1.64. The Morgan fingerprint density at radius 2 is 2.00 bits per heavy atom. The largest absolute Gasteiger partial charge is 0.352 e. The van der Waals surface area contributed by atoms with E-state index in [1.54, 1.807) is 16.8 Å². The normalized spacial score (nSPS) is 12.1. The number of tetrazole rings is 1. The molecule has 1 unspecified atom stereocenters. The summed E-state index contributed by atoms with van der Waals surface area (Å²) in [5.41, 5.74) is 1.50. The summed E-state index contributed by atoms with van der Waals surface area (Å²) in [7, 11) is 0. The minimum atomic E-state index is -0.0278. The standard InChI is InChI=1S/C17H25N5O/c1-4-6-7-14(5-2)12-18-17(23)15-8-10-16(11-9-15)22-13(3)19-20-21-22/h8-11,14H,4-7,12H2,1-3H3,(H,18,23). The third kappa shape index (κ3) is 4.61. The van der Waals surface area contributed by atoms with Crippen molar-refractivity contribution in [2.24, 2.45) is 5.92 Å². The monoisotopic (exact) mass is 315 g/mol. The second kappa shape index (κ2) is 8.41. The Bertz CT molecular complexity index is 620. The van der Waals surface area contributed by atoms with Crippen molar-refractivity contribution >= 4 is 5.91 Å². The van der Waals surface area contributed by atoms with Crippen LogP contribution >= 0.6 is 0 Å². The Balaban J connectivity index is 1.94. The molecule has 2 aromatic rings. The molecule has 0 spiro atoms. The fourth-order valence-corrected chi connectivity index (χ4v) is 2.51. The number of nitrogens with zero attached hydrogens (tertiary/aromatic N) is 4. The second-order valence-corrected chi connectivity index (χ2v) is 5.81. The van der Waals surface area contributed by atoms with Crippen LogP contribution in [-0.2, 0) is 0 Å². The van der Waals surface area contributed by atoms with Crippen LogP contribution in [0.15, 0.2) is 24.3 Å². The topological polar surface area (TPSA) is 72.7 Å². The molecule has 124 valence electrons. The van der Waals surface area contributed by atoms with Gasteiger partial charge in [0.2, 0.25) is 0 Å². The van der Waals surface area contributed by atoms with E-state index in [4.69, 9.17) is 0 Å². The van der Waals surface area contributed by atoms with Crippen molar-refractivity contribution in [1.82, 2.24) is 25.5 Å². The first-order valence-electron chi connectivity index (χ1n) is 8.29. The van der Waals surface area contributed by atoms with Gasteiger partial charge in [-0.3, -0.25) is 4.79 Å². The van der Waals surface area contributed by atoms with Crippen molar-refractivity contribution < 1.29 is 4.79 Å². The van der Waals surface area contributed by atoms with E-state index in [-0.39, 0.29) is 5.91 Å². The van der Waals surface area contributed by atoms with Crippen LogP contribution in [0.4, 0.5) is 0 Å². The van der Waals surface area contributed by atoms with Crippen LogP contribution in [0.25, 0.3) is 5.69 Å². The minimum Gasteiger partial charge on any atom is -0.352 e.